The monoisotopic (exact) mass is 200 g/mol. The van der Waals surface area contributed by atoms with Crippen LogP contribution in [0.25, 0.3) is 21.3 Å². The fourth-order valence-corrected chi connectivity index (χ4v) is 2.55. The van der Waals surface area contributed by atoms with Gasteiger partial charge in [-0.05, 0) is 6.07 Å². The van der Waals surface area contributed by atoms with Gasteiger partial charge in [-0.2, -0.15) is 0 Å². The zero-order chi connectivity index (χ0) is 9.38. The van der Waals surface area contributed by atoms with Crippen LogP contribution in [0.3, 0.4) is 0 Å². The Kier molecular flexibility index (Phi) is 1.64. The summed E-state index contributed by atoms with van der Waals surface area (Å²) in [4.78, 5) is 7.16. The minimum absolute atomic E-state index is 1.09. The second-order valence-corrected chi connectivity index (χ2v) is 4.02. The number of nitrogens with one attached hydrogen (secondary N) is 1. The number of aromatic nitrogens is 2. The van der Waals surface area contributed by atoms with Crippen LogP contribution in [0.5, 0.6) is 0 Å². The molecular formula is C11H8N2S. The Labute approximate surface area is 85.2 Å². The van der Waals surface area contributed by atoms with Crippen LogP contribution in [0, 0.1) is 0 Å². The van der Waals surface area contributed by atoms with Crippen LogP contribution < -0.4 is 0 Å². The lowest BCUT2D eigenvalue weighted by Gasteiger charge is -1.93. The molecule has 0 fully saturated rings. The van der Waals surface area contributed by atoms with Gasteiger partial charge in [0.15, 0.2) is 0 Å². The first-order valence-electron chi connectivity index (χ1n) is 4.40. The molecule has 0 saturated heterocycles. The zero-order valence-corrected chi connectivity index (χ0v) is 8.21. The number of nitrogens with zero attached hydrogens (tertiary/aromatic N) is 1. The molecule has 1 aromatic carbocycles. The summed E-state index contributed by atoms with van der Waals surface area (Å²) in [5.74, 6) is 0. The van der Waals surface area contributed by atoms with Crippen molar-refractivity contribution < 1.29 is 0 Å². The Morgan fingerprint density at radius 1 is 1.21 bits per heavy atom. The van der Waals surface area contributed by atoms with Gasteiger partial charge in [0, 0.05) is 21.0 Å². The van der Waals surface area contributed by atoms with Gasteiger partial charge in [0.1, 0.15) is 0 Å². The molecule has 2 heterocycles. The van der Waals surface area contributed by atoms with E-state index in [-0.39, 0.29) is 0 Å². The first-order valence-corrected chi connectivity index (χ1v) is 5.28. The summed E-state index contributed by atoms with van der Waals surface area (Å²) in [5, 5.41) is 3.46. The van der Waals surface area contributed by atoms with E-state index in [1.807, 2.05) is 6.20 Å². The topological polar surface area (TPSA) is 28.7 Å². The second kappa shape index (κ2) is 2.96. The van der Waals surface area contributed by atoms with Gasteiger partial charge in [-0.15, -0.1) is 11.3 Å². The lowest BCUT2D eigenvalue weighted by Crippen LogP contribution is -1.72. The third kappa shape index (κ3) is 1.06. The van der Waals surface area contributed by atoms with Gasteiger partial charge in [-0.3, -0.25) is 0 Å². The molecule has 0 atom stereocenters. The van der Waals surface area contributed by atoms with Crippen molar-refractivity contribution in [3.63, 3.8) is 0 Å². The van der Waals surface area contributed by atoms with Crippen molar-refractivity contribution in [1.82, 2.24) is 9.97 Å². The van der Waals surface area contributed by atoms with Gasteiger partial charge in [0.2, 0.25) is 0 Å². The number of hydrogen-bond donors (Lipinski definition) is 1. The Hall–Kier alpha value is -1.61. The van der Waals surface area contributed by atoms with Gasteiger partial charge < -0.3 is 4.98 Å². The predicted octanol–water partition coefficient (Wildman–Crippen LogP) is 3.29. The van der Waals surface area contributed by atoms with E-state index in [1.54, 1.807) is 17.7 Å². The maximum absolute atomic E-state index is 4.03. The number of aromatic amines is 1. The zero-order valence-electron chi connectivity index (χ0n) is 7.40. The molecule has 2 nitrogen and oxygen atoms in total. The number of imidazole rings is 1. The standard InChI is InChI=1S/C11H8N2S/c1-2-4-11-8(3-1)9(6-14-11)10-5-12-7-13-10/h1-7H,(H,12,13). The van der Waals surface area contributed by atoms with Crippen molar-refractivity contribution in [3.8, 4) is 11.3 Å². The first kappa shape index (κ1) is 7.76. The summed E-state index contributed by atoms with van der Waals surface area (Å²) >= 11 is 1.76. The summed E-state index contributed by atoms with van der Waals surface area (Å²) in [5.41, 5.74) is 2.32. The SMILES string of the molecule is c1ccc2c(-c3cnc[nH]3)csc2c1. The molecule has 0 aliphatic heterocycles. The van der Waals surface area contributed by atoms with Crippen LogP contribution in [-0.4, -0.2) is 9.97 Å². The van der Waals surface area contributed by atoms with E-state index in [0.29, 0.717) is 0 Å². The van der Waals surface area contributed by atoms with E-state index in [9.17, 15) is 0 Å². The smallest absolute Gasteiger partial charge is 0.0924 e. The van der Waals surface area contributed by atoms with Gasteiger partial charge in [-0.1, -0.05) is 18.2 Å². The van der Waals surface area contributed by atoms with Crippen molar-refractivity contribution in [2.75, 3.05) is 0 Å². The maximum atomic E-state index is 4.03. The normalized spacial score (nSPS) is 10.9. The maximum Gasteiger partial charge on any atom is 0.0924 e. The number of hydrogen-bond acceptors (Lipinski definition) is 2. The third-order valence-corrected chi connectivity index (χ3v) is 3.23. The number of fused-ring (bicyclic) bond motifs is 1. The van der Waals surface area contributed by atoms with Crippen LogP contribution in [0.15, 0.2) is 42.2 Å². The first-order chi connectivity index (χ1) is 6.95. The molecule has 68 valence electrons. The predicted molar refractivity (Wildman–Crippen MR) is 59.4 cm³/mol. The largest absolute Gasteiger partial charge is 0.345 e. The van der Waals surface area contributed by atoms with Crippen LogP contribution in [0.1, 0.15) is 0 Å². The lowest BCUT2D eigenvalue weighted by atomic mass is 10.1. The second-order valence-electron chi connectivity index (χ2n) is 3.11. The molecule has 2 aromatic heterocycles. The van der Waals surface area contributed by atoms with E-state index >= 15 is 0 Å². The molecule has 0 saturated carbocycles. The van der Waals surface area contributed by atoms with E-state index in [0.717, 1.165) is 5.69 Å². The van der Waals surface area contributed by atoms with Crippen molar-refractivity contribution in [2.24, 2.45) is 0 Å². The van der Waals surface area contributed by atoms with E-state index in [2.05, 4.69) is 39.6 Å². The highest BCUT2D eigenvalue weighted by Crippen LogP contribution is 2.32. The molecule has 0 spiro atoms. The number of thiophene rings is 1. The highest BCUT2D eigenvalue weighted by molar-refractivity contribution is 7.17. The molecule has 1 N–H and O–H groups in total. The molecule has 0 bridgehead atoms. The lowest BCUT2D eigenvalue weighted by molar-refractivity contribution is 1.32. The quantitative estimate of drug-likeness (QED) is 0.641. The van der Waals surface area contributed by atoms with Gasteiger partial charge in [0.25, 0.3) is 0 Å². The molecule has 3 heteroatoms. The molecule has 0 aliphatic carbocycles. The van der Waals surface area contributed by atoms with Crippen molar-refractivity contribution in [3.05, 3.63) is 42.2 Å². The van der Waals surface area contributed by atoms with Gasteiger partial charge >= 0.3 is 0 Å². The van der Waals surface area contributed by atoms with Gasteiger partial charge in [-0.25, -0.2) is 4.98 Å². The molecule has 0 unspecified atom stereocenters. The number of rotatable bonds is 1. The average Bonchev–Trinajstić information content (AvgIpc) is 2.85. The summed E-state index contributed by atoms with van der Waals surface area (Å²) < 4.78 is 1.32. The van der Waals surface area contributed by atoms with Crippen molar-refractivity contribution in [2.45, 2.75) is 0 Å². The summed E-state index contributed by atoms with van der Waals surface area (Å²) in [6.07, 6.45) is 3.57. The fraction of sp³-hybridized carbons (Fsp3) is 0. The average molecular weight is 200 g/mol. The Morgan fingerprint density at radius 3 is 3.00 bits per heavy atom. The van der Waals surface area contributed by atoms with Crippen LogP contribution in [0.4, 0.5) is 0 Å². The van der Waals surface area contributed by atoms with Crippen molar-refractivity contribution in [1.29, 1.82) is 0 Å². The Balaban J connectivity index is 2.33. The van der Waals surface area contributed by atoms with E-state index in [4.69, 9.17) is 0 Å². The van der Waals surface area contributed by atoms with E-state index < -0.39 is 0 Å². The molecule has 3 rings (SSSR count). The summed E-state index contributed by atoms with van der Waals surface area (Å²) in [6, 6.07) is 8.41. The molecule has 0 aliphatic rings. The van der Waals surface area contributed by atoms with Crippen molar-refractivity contribution >= 4 is 21.4 Å². The molecule has 3 aromatic rings. The summed E-state index contributed by atoms with van der Waals surface area (Å²) in [6.45, 7) is 0. The van der Waals surface area contributed by atoms with E-state index in [1.165, 1.54) is 15.6 Å². The highest BCUT2D eigenvalue weighted by atomic mass is 32.1. The molecule has 0 amide bonds. The van der Waals surface area contributed by atoms with Crippen LogP contribution in [-0.2, 0) is 0 Å². The van der Waals surface area contributed by atoms with Crippen LogP contribution in [0.2, 0.25) is 0 Å². The Morgan fingerprint density at radius 2 is 2.14 bits per heavy atom. The molecule has 14 heavy (non-hydrogen) atoms. The summed E-state index contributed by atoms with van der Waals surface area (Å²) in [7, 11) is 0. The minimum Gasteiger partial charge on any atom is -0.345 e. The van der Waals surface area contributed by atoms with Gasteiger partial charge in [0.05, 0.1) is 18.2 Å². The fourth-order valence-electron chi connectivity index (χ4n) is 1.59. The van der Waals surface area contributed by atoms with Crippen LogP contribution >= 0.6 is 11.3 Å². The third-order valence-electron chi connectivity index (χ3n) is 2.27. The number of H-pyrrole nitrogens is 1. The number of benzene rings is 1. The minimum atomic E-state index is 1.09. The Bertz CT molecular complexity index is 551. The molecular weight excluding hydrogens is 192 g/mol. The molecule has 0 radical (unpaired) electrons. The highest BCUT2D eigenvalue weighted by Gasteiger charge is 2.05.